The SMILES string of the molecule is C=C(C)C(=O)OCOCC(COCOC(=O)C(=C)C)(COCOC(=O)C(=C)C)COCOC(=O)C(=C)C. The number of esters is 4. The largest absolute Gasteiger partial charge is 0.435 e. The fraction of sp³-hybridized carbons (Fsp3) is 0.520. The van der Waals surface area contributed by atoms with Crippen LogP contribution in [-0.4, -0.2) is 77.5 Å². The normalized spacial score (nSPS) is 10.7. The summed E-state index contributed by atoms with van der Waals surface area (Å²) >= 11 is 0. The molecule has 12 heteroatoms. The highest BCUT2D eigenvalue weighted by Gasteiger charge is 2.33. The summed E-state index contributed by atoms with van der Waals surface area (Å²) in [5.74, 6) is -2.61. The molecule has 0 fully saturated rings. The lowest BCUT2D eigenvalue weighted by molar-refractivity contribution is -0.188. The summed E-state index contributed by atoms with van der Waals surface area (Å²) in [4.78, 5) is 46.5. The van der Waals surface area contributed by atoms with Crippen LogP contribution in [0.25, 0.3) is 0 Å². The zero-order valence-corrected chi connectivity index (χ0v) is 21.9. The maximum absolute atomic E-state index is 11.6. The monoisotopic (exact) mass is 528 g/mol. The predicted molar refractivity (Wildman–Crippen MR) is 129 cm³/mol. The molecule has 0 amide bonds. The fourth-order valence-corrected chi connectivity index (χ4v) is 2.16. The van der Waals surface area contributed by atoms with Crippen LogP contribution in [0.15, 0.2) is 48.6 Å². The summed E-state index contributed by atoms with van der Waals surface area (Å²) in [6, 6.07) is 0. The van der Waals surface area contributed by atoms with Gasteiger partial charge in [-0.2, -0.15) is 0 Å². The third-order valence-corrected chi connectivity index (χ3v) is 4.12. The van der Waals surface area contributed by atoms with Crippen LogP contribution in [0.3, 0.4) is 0 Å². The lowest BCUT2D eigenvalue weighted by atomic mass is 9.92. The van der Waals surface area contributed by atoms with Crippen molar-refractivity contribution in [1.29, 1.82) is 0 Å². The Morgan fingerprint density at radius 2 is 0.649 bits per heavy atom. The van der Waals surface area contributed by atoms with Gasteiger partial charge < -0.3 is 37.9 Å². The predicted octanol–water partition coefficient (Wildman–Crippen LogP) is 2.35. The molecule has 0 N–H and O–H groups in total. The fourth-order valence-electron chi connectivity index (χ4n) is 2.16. The van der Waals surface area contributed by atoms with Crippen LogP contribution in [0.5, 0.6) is 0 Å². The van der Waals surface area contributed by atoms with Gasteiger partial charge in [-0.1, -0.05) is 26.3 Å². The molecule has 0 spiro atoms. The summed E-state index contributed by atoms with van der Waals surface area (Å²) in [5.41, 5.74) is -0.396. The minimum absolute atomic E-state index is 0.159. The van der Waals surface area contributed by atoms with E-state index in [4.69, 9.17) is 37.9 Å². The first-order valence-corrected chi connectivity index (χ1v) is 10.9. The van der Waals surface area contributed by atoms with Gasteiger partial charge in [0.15, 0.2) is 27.2 Å². The van der Waals surface area contributed by atoms with E-state index in [-0.39, 0.29) is 48.7 Å². The number of ether oxygens (including phenoxy) is 8. The van der Waals surface area contributed by atoms with E-state index in [1.54, 1.807) is 0 Å². The van der Waals surface area contributed by atoms with E-state index >= 15 is 0 Å². The Hall–Kier alpha value is -3.32. The minimum atomic E-state index is -1.13. The Balaban J connectivity index is 5.37. The highest BCUT2D eigenvalue weighted by Crippen LogP contribution is 2.21. The molecule has 0 heterocycles. The minimum Gasteiger partial charge on any atom is -0.435 e. The molecule has 0 aromatic heterocycles. The summed E-state index contributed by atoms with van der Waals surface area (Å²) in [6.45, 7) is 17.5. The molecule has 0 aromatic carbocycles. The van der Waals surface area contributed by atoms with Crippen molar-refractivity contribution >= 4 is 23.9 Å². The van der Waals surface area contributed by atoms with Crippen molar-refractivity contribution in [2.75, 3.05) is 53.6 Å². The van der Waals surface area contributed by atoms with Gasteiger partial charge in [0.05, 0.1) is 31.8 Å². The van der Waals surface area contributed by atoms with Crippen molar-refractivity contribution in [3.63, 3.8) is 0 Å². The molecule has 0 aromatic rings. The topological polar surface area (TPSA) is 142 Å². The molecule has 37 heavy (non-hydrogen) atoms. The van der Waals surface area contributed by atoms with Gasteiger partial charge >= 0.3 is 23.9 Å². The zero-order valence-electron chi connectivity index (χ0n) is 21.9. The van der Waals surface area contributed by atoms with Crippen LogP contribution >= 0.6 is 0 Å². The lowest BCUT2D eigenvalue weighted by Crippen LogP contribution is -2.43. The second-order valence-electron chi connectivity index (χ2n) is 8.21. The highest BCUT2D eigenvalue weighted by atomic mass is 16.7. The van der Waals surface area contributed by atoms with Gasteiger partial charge in [0, 0.05) is 22.3 Å². The molecule has 0 aliphatic carbocycles. The molecule has 12 nitrogen and oxygen atoms in total. The third-order valence-electron chi connectivity index (χ3n) is 4.12. The summed E-state index contributed by atoms with van der Waals surface area (Å²) < 4.78 is 41.6. The first-order valence-electron chi connectivity index (χ1n) is 10.9. The van der Waals surface area contributed by atoms with Gasteiger partial charge in [-0.15, -0.1) is 0 Å². The number of hydrogen-bond acceptors (Lipinski definition) is 12. The number of rotatable bonds is 20. The molecule has 0 radical (unpaired) electrons. The Morgan fingerprint density at radius 1 is 0.459 bits per heavy atom. The van der Waals surface area contributed by atoms with Crippen LogP contribution in [0.4, 0.5) is 0 Å². The molecule has 0 unspecified atom stereocenters. The summed E-state index contributed by atoms with van der Waals surface area (Å²) in [7, 11) is 0. The van der Waals surface area contributed by atoms with Crippen molar-refractivity contribution in [2.24, 2.45) is 5.41 Å². The van der Waals surface area contributed by atoms with Crippen LogP contribution in [0, 0.1) is 5.41 Å². The van der Waals surface area contributed by atoms with Gasteiger partial charge in [-0.05, 0) is 27.7 Å². The van der Waals surface area contributed by atoms with Crippen molar-refractivity contribution < 1.29 is 57.1 Å². The van der Waals surface area contributed by atoms with Crippen LogP contribution < -0.4 is 0 Å². The first-order chi connectivity index (χ1) is 17.3. The number of hydrogen-bond donors (Lipinski definition) is 0. The van der Waals surface area contributed by atoms with Crippen molar-refractivity contribution in [1.82, 2.24) is 0 Å². The van der Waals surface area contributed by atoms with Crippen molar-refractivity contribution in [3.05, 3.63) is 48.6 Å². The molecule has 0 atom stereocenters. The molecule has 0 bridgehead atoms. The van der Waals surface area contributed by atoms with Crippen LogP contribution in [-0.2, 0) is 57.1 Å². The van der Waals surface area contributed by atoms with E-state index in [1.807, 2.05) is 0 Å². The van der Waals surface area contributed by atoms with Crippen LogP contribution in [0.1, 0.15) is 27.7 Å². The van der Waals surface area contributed by atoms with Crippen LogP contribution in [0.2, 0.25) is 0 Å². The summed E-state index contributed by atoms with van der Waals surface area (Å²) in [6.07, 6.45) is 0. The number of carbonyl (C=O) groups is 4. The van der Waals surface area contributed by atoms with E-state index in [0.717, 1.165) is 0 Å². The molecular formula is C25H36O12. The van der Waals surface area contributed by atoms with Crippen molar-refractivity contribution in [3.8, 4) is 0 Å². The van der Waals surface area contributed by atoms with Crippen molar-refractivity contribution in [2.45, 2.75) is 27.7 Å². The maximum Gasteiger partial charge on any atom is 0.335 e. The average Bonchev–Trinajstić information content (AvgIpc) is 2.83. The van der Waals surface area contributed by atoms with Gasteiger partial charge in [-0.25, -0.2) is 19.2 Å². The van der Waals surface area contributed by atoms with E-state index in [0.29, 0.717) is 0 Å². The molecule has 0 saturated carbocycles. The Morgan fingerprint density at radius 3 is 0.811 bits per heavy atom. The molecule has 0 rings (SSSR count). The Kier molecular flexibility index (Phi) is 16.4. The Bertz CT molecular complexity index is 716. The quantitative estimate of drug-likeness (QED) is 0.0752. The van der Waals surface area contributed by atoms with Gasteiger partial charge in [0.1, 0.15) is 0 Å². The van der Waals surface area contributed by atoms with E-state index in [2.05, 4.69) is 26.3 Å². The van der Waals surface area contributed by atoms with Gasteiger partial charge in [0.25, 0.3) is 0 Å². The zero-order chi connectivity index (χ0) is 28.4. The smallest absolute Gasteiger partial charge is 0.335 e. The molecule has 208 valence electrons. The van der Waals surface area contributed by atoms with E-state index < -0.39 is 56.5 Å². The molecule has 0 aliphatic rings. The van der Waals surface area contributed by atoms with E-state index in [9.17, 15) is 19.2 Å². The maximum atomic E-state index is 11.6. The lowest BCUT2D eigenvalue weighted by Gasteiger charge is -2.32. The number of carbonyl (C=O) groups excluding carboxylic acids is 4. The summed E-state index contributed by atoms with van der Waals surface area (Å²) in [5, 5.41) is 0. The van der Waals surface area contributed by atoms with Gasteiger partial charge in [0.2, 0.25) is 0 Å². The first kappa shape index (κ1) is 33.7. The molecule has 0 aliphatic heterocycles. The molecule has 0 saturated heterocycles. The van der Waals surface area contributed by atoms with E-state index in [1.165, 1.54) is 27.7 Å². The average molecular weight is 529 g/mol. The van der Waals surface area contributed by atoms with Gasteiger partial charge in [-0.3, -0.25) is 0 Å². The highest BCUT2D eigenvalue weighted by molar-refractivity contribution is 5.87. The third kappa shape index (κ3) is 15.4. The Labute approximate surface area is 216 Å². The molecular weight excluding hydrogens is 492 g/mol. The second kappa shape index (κ2) is 18.0. The second-order valence-corrected chi connectivity index (χ2v) is 8.21. The standard InChI is InChI=1S/C25H36O12/c1-17(2)21(26)34-13-30-9-25(10-31-14-35-22(27)18(3)4,11-32-15-36-23(28)19(5)6)12-33-16-37-24(29)20(7)8/h1,3,5,7,9-16H2,2,4,6,8H3.